The Morgan fingerprint density at radius 1 is 1.27 bits per heavy atom. The molecule has 2 atom stereocenters. The van der Waals surface area contributed by atoms with Crippen molar-refractivity contribution in [2.45, 2.75) is 32.6 Å². The summed E-state index contributed by atoms with van der Waals surface area (Å²) >= 11 is 0. The zero-order chi connectivity index (χ0) is 15.7. The fraction of sp³-hybridized carbons (Fsp3) is 0.368. The van der Waals surface area contributed by atoms with E-state index in [2.05, 4.69) is 6.92 Å². The monoisotopic (exact) mass is 295 g/mol. The van der Waals surface area contributed by atoms with Gasteiger partial charge in [0.2, 0.25) is 0 Å². The molecule has 1 aromatic heterocycles. The van der Waals surface area contributed by atoms with Crippen LogP contribution < -0.4 is 4.74 Å². The standard InChI is InChI=1S/C19H21NO2/c1-4-13-10-12(2)19(21)16-8-9-17(20-18(13)16)14-6-5-7-15(11-14)22-3/h5-9,11-13H,4,10H2,1-3H3/t12-,13-/m0/s1. The van der Waals surface area contributed by atoms with Gasteiger partial charge in [-0.3, -0.25) is 9.78 Å². The molecule has 3 nitrogen and oxygen atoms in total. The quantitative estimate of drug-likeness (QED) is 0.838. The Bertz CT molecular complexity index is 708. The first-order valence-corrected chi connectivity index (χ1v) is 7.83. The molecule has 0 saturated carbocycles. The number of pyridine rings is 1. The van der Waals surface area contributed by atoms with Crippen LogP contribution in [0.2, 0.25) is 0 Å². The van der Waals surface area contributed by atoms with Crippen molar-refractivity contribution in [2.75, 3.05) is 7.11 Å². The smallest absolute Gasteiger partial charge is 0.167 e. The number of hydrogen-bond donors (Lipinski definition) is 0. The van der Waals surface area contributed by atoms with Crippen LogP contribution in [0.15, 0.2) is 36.4 Å². The fourth-order valence-corrected chi connectivity index (χ4v) is 3.21. The highest BCUT2D eigenvalue weighted by Crippen LogP contribution is 2.37. The molecule has 0 aliphatic heterocycles. The van der Waals surface area contributed by atoms with Gasteiger partial charge in [0.05, 0.1) is 18.5 Å². The van der Waals surface area contributed by atoms with Crippen LogP contribution in [0.1, 0.15) is 48.7 Å². The number of methoxy groups -OCH3 is 1. The highest BCUT2D eigenvalue weighted by Gasteiger charge is 2.31. The molecular formula is C19H21NO2. The first-order chi connectivity index (χ1) is 10.6. The predicted octanol–water partition coefficient (Wildman–Crippen LogP) is 4.47. The second kappa shape index (κ2) is 5.91. The van der Waals surface area contributed by atoms with E-state index in [1.54, 1.807) is 7.11 Å². The summed E-state index contributed by atoms with van der Waals surface area (Å²) < 4.78 is 5.28. The van der Waals surface area contributed by atoms with Gasteiger partial charge in [0.1, 0.15) is 5.75 Å². The average Bonchev–Trinajstić information content (AvgIpc) is 2.57. The van der Waals surface area contributed by atoms with Crippen LogP contribution >= 0.6 is 0 Å². The molecule has 0 radical (unpaired) electrons. The molecule has 0 unspecified atom stereocenters. The Labute approximate surface area is 131 Å². The summed E-state index contributed by atoms with van der Waals surface area (Å²) in [5.74, 6) is 1.51. The molecule has 1 heterocycles. The number of fused-ring (bicyclic) bond motifs is 1. The van der Waals surface area contributed by atoms with E-state index in [1.165, 1.54) is 0 Å². The first kappa shape index (κ1) is 14.8. The van der Waals surface area contributed by atoms with Crippen molar-refractivity contribution in [2.24, 2.45) is 5.92 Å². The lowest BCUT2D eigenvalue weighted by Gasteiger charge is -2.27. The van der Waals surface area contributed by atoms with E-state index in [-0.39, 0.29) is 11.7 Å². The number of rotatable bonds is 3. The zero-order valence-corrected chi connectivity index (χ0v) is 13.3. The van der Waals surface area contributed by atoms with Crippen molar-refractivity contribution >= 4 is 5.78 Å². The van der Waals surface area contributed by atoms with Crippen LogP contribution in [0.4, 0.5) is 0 Å². The number of carbonyl (C=O) groups excluding carboxylic acids is 1. The Hall–Kier alpha value is -2.16. The van der Waals surface area contributed by atoms with Crippen LogP contribution in [0.25, 0.3) is 11.3 Å². The van der Waals surface area contributed by atoms with Crippen molar-refractivity contribution in [1.29, 1.82) is 0 Å². The van der Waals surface area contributed by atoms with Crippen molar-refractivity contribution < 1.29 is 9.53 Å². The van der Waals surface area contributed by atoms with E-state index in [4.69, 9.17) is 9.72 Å². The Balaban J connectivity index is 2.07. The molecule has 3 rings (SSSR count). The van der Waals surface area contributed by atoms with Crippen molar-refractivity contribution in [1.82, 2.24) is 4.98 Å². The van der Waals surface area contributed by atoms with Gasteiger partial charge in [-0.2, -0.15) is 0 Å². The Morgan fingerprint density at radius 3 is 2.82 bits per heavy atom. The first-order valence-electron chi connectivity index (χ1n) is 7.83. The van der Waals surface area contributed by atoms with Gasteiger partial charge in [0.15, 0.2) is 5.78 Å². The number of hydrogen-bond acceptors (Lipinski definition) is 3. The molecule has 0 spiro atoms. The average molecular weight is 295 g/mol. The molecule has 2 aromatic rings. The molecule has 0 amide bonds. The zero-order valence-electron chi connectivity index (χ0n) is 13.3. The minimum absolute atomic E-state index is 0.0990. The van der Waals surface area contributed by atoms with Gasteiger partial charge in [-0.15, -0.1) is 0 Å². The van der Waals surface area contributed by atoms with Crippen LogP contribution in [-0.4, -0.2) is 17.9 Å². The third kappa shape index (κ3) is 2.52. The van der Waals surface area contributed by atoms with E-state index < -0.39 is 0 Å². The van der Waals surface area contributed by atoms with Crippen molar-refractivity contribution in [3.05, 3.63) is 47.7 Å². The maximum absolute atomic E-state index is 12.4. The SMILES string of the molecule is CC[C@H]1C[C@H](C)C(=O)c2ccc(-c3cccc(OC)c3)nc21. The number of Topliss-reactive ketones (excluding diaryl/α,β-unsaturated/α-hetero) is 1. The molecule has 0 N–H and O–H groups in total. The summed E-state index contributed by atoms with van der Waals surface area (Å²) in [7, 11) is 1.66. The molecule has 1 aliphatic rings. The summed E-state index contributed by atoms with van der Waals surface area (Å²) in [6.45, 7) is 4.18. The summed E-state index contributed by atoms with van der Waals surface area (Å²) in [5.41, 5.74) is 3.68. The second-order valence-electron chi connectivity index (χ2n) is 5.97. The Morgan fingerprint density at radius 2 is 2.09 bits per heavy atom. The van der Waals surface area contributed by atoms with E-state index >= 15 is 0 Å². The van der Waals surface area contributed by atoms with Gasteiger partial charge >= 0.3 is 0 Å². The van der Waals surface area contributed by atoms with E-state index in [0.29, 0.717) is 5.92 Å². The molecular weight excluding hydrogens is 274 g/mol. The second-order valence-corrected chi connectivity index (χ2v) is 5.97. The largest absolute Gasteiger partial charge is 0.497 e. The number of ketones is 1. The maximum atomic E-state index is 12.4. The van der Waals surface area contributed by atoms with Crippen LogP contribution in [0.5, 0.6) is 5.75 Å². The predicted molar refractivity (Wildman–Crippen MR) is 87.4 cm³/mol. The summed E-state index contributed by atoms with van der Waals surface area (Å²) in [5, 5.41) is 0. The van der Waals surface area contributed by atoms with Crippen LogP contribution in [0.3, 0.4) is 0 Å². The fourth-order valence-electron chi connectivity index (χ4n) is 3.21. The van der Waals surface area contributed by atoms with Gasteiger partial charge in [-0.05, 0) is 37.1 Å². The highest BCUT2D eigenvalue weighted by atomic mass is 16.5. The van der Waals surface area contributed by atoms with Crippen LogP contribution in [-0.2, 0) is 0 Å². The summed E-state index contributed by atoms with van der Waals surface area (Å²) in [6, 6.07) is 11.8. The Kier molecular flexibility index (Phi) is 3.97. The topological polar surface area (TPSA) is 39.2 Å². The lowest BCUT2D eigenvalue weighted by atomic mass is 9.78. The van der Waals surface area contributed by atoms with E-state index in [1.807, 2.05) is 43.3 Å². The number of nitrogens with zero attached hydrogens (tertiary/aromatic N) is 1. The van der Waals surface area contributed by atoms with E-state index in [0.717, 1.165) is 41.1 Å². The lowest BCUT2D eigenvalue weighted by Crippen LogP contribution is -2.24. The van der Waals surface area contributed by atoms with Crippen molar-refractivity contribution in [3.8, 4) is 17.0 Å². The number of carbonyl (C=O) groups is 1. The molecule has 1 aliphatic carbocycles. The number of aromatic nitrogens is 1. The van der Waals surface area contributed by atoms with Gasteiger partial charge in [-0.25, -0.2) is 0 Å². The van der Waals surface area contributed by atoms with Crippen LogP contribution in [0, 0.1) is 5.92 Å². The third-order valence-corrected chi connectivity index (χ3v) is 4.52. The minimum Gasteiger partial charge on any atom is -0.497 e. The molecule has 0 fully saturated rings. The lowest BCUT2D eigenvalue weighted by molar-refractivity contribution is 0.0902. The molecule has 1 aromatic carbocycles. The third-order valence-electron chi connectivity index (χ3n) is 4.52. The van der Waals surface area contributed by atoms with Gasteiger partial charge in [0, 0.05) is 23.0 Å². The molecule has 114 valence electrons. The highest BCUT2D eigenvalue weighted by molar-refractivity contribution is 6.00. The molecule has 22 heavy (non-hydrogen) atoms. The molecule has 3 heteroatoms. The minimum atomic E-state index is 0.0990. The van der Waals surface area contributed by atoms with Gasteiger partial charge < -0.3 is 4.74 Å². The number of ether oxygens (including phenoxy) is 1. The summed E-state index contributed by atoms with van der Waals surface area (Å²) in [6.07, 6.45) is 1.91. The van der Waals surface area contributed by atoms with Gasteiger partial charge in [-0.1, -0.05) is 26.0 Å². The summed E-state index contributed by atoms with van der Waals surface area (Å²) in [4.78, 5) is 17.2. The maximum Gasteiger partial charge on any atom is 0.167 e. The normalized spacial score (nSPS) is 20.6. The molecule has 0 saturated heterocycles. The number of benzene rings is 1. The van der Waals surface area contributed by atoms with Crippen molar-refractivity contribution in [3.63, 3.8) is 0 Å². The van der Waals surface area contributed by atoms with E-state index in [9.17, 15) is 4.79 Å². The van der Waals surface area contributed by atoms with Gasteiger partial charge in [0.25, 0.3) is 0 Å². The molecule has 0 bridgehead atoms.